The van der Waals surface area contributed by atoms with Gasteiger partial charge in [-0.25, -0.2) is 4.98 Å². The largest absolute Gasteiger partial charge is 0.461 e. The van der Waals surface area contributed by atoms with Crippen LogP contribution in [0.2, 0.25) is 0 Å². The summed E-state index contributed by atoms with van der Waals surface area (Å²) < 4.78 is 5.24. The maximum absolute atomic E-state index is 12.3. The van der Waals surface area contributed by atoms with Crippen molar-refractivity contribution in [1.29, 1.82) is 0 Å². The monoisotopic (exact) mass is 309 g/mol. The van der Waals surface area contributed by atoms with Gasteiger partial charge in [0.2, 0.25) is 11.7 Å². The second-order valence-corrected chi connectivity index (χ2v) is 5.52. The molecule has 23 heavy (non-hydrogen) atoms. The topological polar surface area (TPSA) is 96.7 Å². The molecule has 116 valence electrons. The molecule has 0 bridgehead atoms. The van der Waals surface area contributed by atoms with Crippen molar-refractivity contribution in [3.8, 4) is 11.6 Å². The van der Waals surface area contributed by atoms with Crippen molar-refractivity contribution in [2.75, 3.05) is 0 Å². The van der Waals surface area contributed by atoms with E-state index in [0.717, 1.165) is 17.7 Å². The SMILES string of the molecule is O=C(NCc1nc(-c2ccco2)n[nH]1)C1Cc2cccnc2C1. The number of nitrogens with zero attached hydrogens (tertiary/aromatic N) is 3. The average Bonchev–Trinajstić information content (AvgIpc) is 3.31. The Bertz CT molecular complexity index is 800. The predicted molar refractivity (Wildman–Crippen MR) is 81.1 cm³/mol. The highest BCUT2D eigenvalue weighted by Gasteiger charge is 2.28. The molecule has 1 atom stereocenters. The Kier molecular flexibility index (Phi) is 3.38. The Morgan fingerprint density at radius 2 is 2.30 bits per heavy atom. The van der Waals surface area contributed by atoms with E-state index in [1.807, 2.05) is 12.1 Å². The van der Waals surface area contributed by atoms with Crippen molar-refractivity contribution in [1.82, 2.24) is 25.5 Å². The molecule has 1 amide bonds. The fourth-order valence-electron chi connectivity index (χ4n) is 2.80. The summed E-state index contributed by atoms with van der Waals surface area (Å²) in [5, 5.41) is 9.79. The summed E-state index contributed by atoms with van der Waals surface area (Å²) in [7, 11) is 0. The van der Waals surface area contributed by atoms with E-state index in [0.29, 0.717) is 30.4 Å². The molecule has 3 aromatic rings. The lowest BCUT2D eigenvalue weighted by molar-refractivity contribution is -0.124. The number of aromatic amines is 1. The molecule has 0 spiro atoms. The highest BCUT2D eigenvalue weighted by atomic mass is 16.3. The Balaban J connectivity index is 1.36. The third-order valence-corrected chi connectivity index (χ3v) is 3.96. The van der Waals surface area contributed by atoms with Crippen molar-refractivity contribution in [2.24, 2.45) is 5.92 Å². The van der Waals surface area contributed by atoms with Crippen LogP contribution in [-0.4, -0.2) is 26.1 Å². The number of aromatic nitrogens is 4. The van der Waals surface area contributed by atoms with Gasteiger partial charge in [-0.05, 0) is 30.2 Å². The molecular weight excluding hydrogens is 294 g/mol. The number of fused-ring (bicyclic) bond motifs is 1. The summed E-state index contributed by atoms with van der Waals surface area (Å²) in [6.07, 6.45) is 4.77. The number of amides is 1. The number of hydrogen-bond acceptors (Lipinski definition) is 5. The van der Waals surface area contributed by atoms with Crippen LogP contribution in [0.4, 0.5) is 0 Å². The molecule has 4 rings (SSSR count). The molecule has 3 heterocycles. The lowest BCUT2D eigenvalue weighted by Gasteiger charge is -2.08. The van der Waals surface area contributed by atoms with Crippen molar-refractivity contribution in [3.63, 3.8) is 0 Å². The maximum Gasteiger partial charge on any atom is 0.224 e. The molecular formula is C16H15N5O2. The molecule has 0 fully saturated rings. The van der Waals surface area contributed by atoms with Gasteiger partial charge in [-0.2, -0.15) is 0 Å². The Hall–Kier alpha value is -2.96. The van der Waals surface area contributed by atoms with Gasteiger partial charge in [0.1, 0.15) is 5.82 Å². The summed E-state index contributed by atoms with van der Waals surface area (Å²) in [6.45, 7) is 0.312. The average molecular weight is 309 g/mol. The van der Waals surface area contributed by atoms with Crippen LogP contribution in [0.15, 0.2) is 41.1 Å². The molecule has 3 aromatic heterocycles. The first-order chi connectivity index (χ1) is 11.3. The summed E-state index contributed by atoms with van der Waals surface area (Å²) >= 11 is 0. The fourth-order valence-corrected chi connectivity index (χ4v) is 2.80. The van der Waals surface area contributed by atoms with Gasteiger partial charge in [0.15, 0.2) is 5.76 Å². The van der Waals surface area contributed by atoms with Crippen LogP contribution >= 0.6 is 0 Å². The second-order valence-electron chi connectivity index (χ2n) is 5.52. The summed E-state index contributed by atoms with van der Waals surface area (Å²) in [5.41, 5.74) is 2.18. The number of carbonyl (C=O) groups excluding carboxylic acids is 1. The molecule has 0 aromatic carbocycles. The maximum atomic E-state index is 12.3. The minimum Gasteiger partial charge on any atom is -0.461 e. The van der Waals surface area contributed by atoms with Gasteiger partial charge in [0, 0.05) is 24.2 Å². The zero-order valence-electron chi connectivity index (χ0n) is 12.3. The minimum atomic E-state index is -0.0626. The zero-order valence-corrected chi connectivity index (χ0v) is 12.3. The number of carbonyl (C=O) groups is 1. The van der Waals surface area contributed by atoms with Gasteiger partial charge >= 0.3 is 0 Å². The van der Waals surface area contributed by atoms with Crippen LogP contribution < -0.4 is 5.32 Å². The van der Waals surface area contributed by atoms with E-state index in [2.05, 4.69) is 25.5 Å². The third-order valence-electron chi connectivity index (χ3n) is 3.96. The lowest BCUT2D eigenvalue weighted by atomic mass is 10.1. The number of nitrogens with one attached hydrogen (secondary N) is 2. The highest BCUT2D eigenvalue weighted by Crippen LogP contribution is 2.24. The van der Waals surface area contributed by atoms with Gasteiger partial charge < -0.3 is 9.73 Å². The number of furan rings is 1. The second kappa shape index (κ2) is 5.68. The molecule has 0 saturated carbocycles. The Morgan fingerprint density at radius 3 is 3.13 bits per heavy atom. The van der Waals surface area contributed by atoms with Gasteiger partial charge in [-0.1, -0.05) is 6.07 Å². The quantitative estimate of drug-likeness (QED) is 0.761. The molecule has 0 saturated heterocycles. The van der Waals surface area contributed by atoms with Crippen molar-refractivity contribution in [2.45, 2.75) is 19.4 Å². The fraction of sp³-hybridized carbons (Fsp3) is 0.250. The normalized spacial score (nSPS) is 16.3. The lowest BCUT2D eigenvalue weighted by Crippen LogP contribution is -2.31. The Morgan fingerprint density at radius 1 is 1.35 bits per heavy atom. The molecule has 1 aliphatic rings. The van der Waals surface area contributed by atoms with Gasteiger partial charge in [0.05, 0.1) is 12.8 Å². The number of H-pyrrole nitrogens is 1. The smallest absolute Gasteiger partial charge is 0.224 e. The predicted octanol–water partition coefficient (Wildman–Crippen LogP) is 1.49. The molecule has 7 heteroatoms. The van der Waals surface area contributed by atoms with Crippen molar-refractivity contribution in [3.05, 3.63) is 53.8 Å². The third kappa shape index (κ3) is 2.73. The molecule has 7 nitrogen and oxygen atoms in total. The van der Waals surface area contributed by atoms with Crippen LogP contribution in [0.3, 0.4) is 0 Å². The summed E-state index contributed by atoms with van der Waals surface area (Å²) in [6, 6.07) is 7.50. The molecule has 0 aliphatic heterocycles. The van der Waals surface area contributed by atoms with Crippen LogP contribution in [0, 0.1) is 5.92 Å². The van der Waals surface area contributed by atoms with E-state index in [9.17, 15) is 4.79 Å². The van der Waals surface area contributed by atoms with E-state index in [4.69, 9.17) is 4.42 Å². The number of rotatable bonds is 4. The number of hydrogen-bond donors (Lipinski definition) is 2. The summed E-state index contributed by atoms with van der Waals surface area (Å²) in [4.78, 5) is 20.9. The molecule has 0 radical (unpaired) electrons. The van der Waals surface area contributed by atoms with Crippen LogP contribution in [0.1, 0.15) is 17.1 Å². The molecule has 2 N–H and O–H groups in total. The van der Waals surface area contributed by atoms with E-state index >= 15 is 0 Å². The van der Waals surface area contributed by atoms with E-state index < -0.39 is 0 Å². The first-order valence-corrected chi connectivity index (χ1v) is 7.45. The van der Waals surface area contributed by atoms with E-state index in [1.165, 1.54) is 0 Å². The van der Waals surface area contributed by atoms with Crippen molar-refractivity contribution >= 4 is 5.91 Å². The number of pyridine rings is 1. The highest BCUT2D eigenvalue weighted by molar-refractivity contribution is 5.80. The standard InChI is InChI=1S/C16H15N5O2/c22-16(11-7-10-3-1-5-17-12(10)8-11)18-9-14-19-15(21-20-14)13-4-2-6-23-13/h1-6,11H,7-9H2,(H,18,22)(H,19,20,21). The van der Waals surface area contributed by atoms with Crippen LogP contribution in [0.5, 0.6) is 0 Å². The first kappa shape index (κ1) is 13.7. The van der Waals surface area contributed by atoms with Gasteiger partial charge in [0.25, 0.3) is 0 Å². The molecule has 1 unspecified atom stereocenters. The van der Waals surface area contributed by atoms with Crippen LogP contribution in [0.25, 0.3) is 11.6 Å². The molecule has 1 aliphatic carbocycles. The van der Waals surface area contributed by atoms with E-state index in [1.54, 1.807) is 24.6 Å². The Labute approximate surface area is 132 Å². The zero-order chi connectivity index (χ0) is 15.6. The van der Waals surface area contributed by atoms with Crippen molar-refractivity contribution < 1.29 is 9.21 Å². The summed E-state index contributed by atoms with van der Waals surface area (Å²) in [5.74, 6) is 1.62. The minimum absolute atomic E-state index is 0.0129. The van der Waals surface area contributed by atoms with Gasteiger partial charge in [-0.15, -0.1) is 5.10 Å². The van der Waals surface area contributed by atoms with Gasteiger partial charge in [-0.3, -0.25) is 14.9 Å². The van der Waals surface area contributed by atoms with E-state index in [-0.39, 0.29) is 11.8 Å². The first-order valence-electron chi connectivity index (χ1n) is 7.45. The van der Waals surface area contributed by atoms with Crippen LogP contribution in [-0.2, 0) is 24.2 Å².